The Bertz CT molecular complexity index is 992. The van der Waals surface area contributed by atoms with E-state index in [4.69, 9.17) is 0 Å². The molecule has 2 aliphatic rings. The summed E-state index contributed by atoms with van der Waals surface area (Å²) in [5.74, 6) is 0.0155. The van der Waals surface area contributed by atoms with Gasteiger partial charge in [-0.05, 0) is 29.7 Å². The number of aromatic nitrogens is 2. The smallest absolute Gasteiger partial charge is 0.273 e. The Labute approximate surface area is 169 Å². The van der Waals surface area contributed by atoms with Crippen molar-refractivity contribution < 1.29 is 9.59 Å². The lowest BCUT2D eigenvalue weighted by Crippen LogP contribution is -2.40. The molecule has 0 aromatic carbocycles. The van der Waals surface area contributed by atoms with Crippen LogP contribution in [0, 0.1) is 0 Å². The van der Waals surface area contributed by atoms with Crippen LogP contribution in [0.4, 0.5) is 0 Å². The van der Waals surface area contributed by atoms with Gasteiger partial charge in [-0.1, -0.05) is 6.08 Å². The first-order chi connectivity index (χ1) is 14.0. The highest BCUT2D eigenvalue weighted by Gasteiger charge is 2.20. The van der Waals surface area contributed by atoms with E-state index in [-0.39, 0.29) is 11.8 Å². The molecule has 0 bridgehead atoms. The SMILES string of the molecule is CN(C)C(=O)c1cn2cc(C3=CCCN(C(=O)CCN4C=CNN4)C3)ccc2n1. The number of carbonyl (C=O) groups is 2. The summed E-state index contributed by atoms with van der Waals surface area (Å²) in [6, 6.07) is 3.90. The summed E-state index contributed by atoms with van der Waals surface area (Å²) in [6.07, 6.45) is 10.8. The second-order valence-corrected chi connectivity index (χ2v) is 7.36. The Morgan fingerprint density at radius 1 is 1.24 bits per heavy atom. The van der Waals surface area contributed by atoms with Crippen molar-refractivity contribution in [3.63, 3.8) is 0 Å². The first-order valence-electron chi connectivity index (χ1n) is 9.63. The first-order valence-corrected chi connectivity index (χ1v) is 9.63. The second kappa shape index (κ2) is 7.96. The number of hydrogen-bond donors (Lipinski definition) is 2. The van der Waals surface area contributed by atoms with Crippen molar-refractivity contribution in [1.29, 1.82) is 0 Å². The van der Waals surface area contributed by atoms with Gasteiger partial charge in [0.25, 0.3) is 5.91 Å². The van der Waals surface area contributed by atoms with Crippen LogP contribution in [0.2, 0.25) is 0 Å². The fourth-order valence-electron chi connectivity index (χ4n) is 3.47. The molecule has 0 unspecified atom stereocenters. The summed E-state index contributed by atoms with van der Waals surface area (Å²) in [5, 5.41) is 1.85. The number of carbonyl (C=O) groups excluding carboxylic acids is 2. The number of nitrogens with zero attached hydrogens (tertiary/aromatic N) is 5. The molecule has 0 saturated carbocycles. The summed E-state index contributed by atoms with van der Waals surface area (Å²) < 4.78 is 1.87. The number of amides is 2. The van der Waals surface area contributed by atoms with E-state index in [0.717, 1.165) is 29.7 Å². The maximum atomic E-state index is 12.6. The summed E-state index contributed by atoms with van der Waals surface area (Å²) in [5.41, 5.74) is 9.09. The van der Waals surface area contributed by atoms with E-state index >= 15 is 0 Å². The van der Waals surface area contributed by atoms with E-state index in [2.05, 4.69) is 22.0 Å². The van der Waals surface area contributed by atoms with Gasteiger partial charge in [0.2, 0.25) is 5.91 Å². The van der Waals surface area contributed by atoms with Crippen molar-refractivity contribution in [1.82, 2.24) is 35.2 Å². The molecule has 2 amide bonds. The molecule has 2 N–H and O–H groups in total. The minimum Gasteiger partial charge on any atom is -0.343 e. The Balaban J connectivity index is 1.45. The average Bonchev–Trinajstić information content (AvgIpc) is 3.40. The van der Waals surface area contributed by atoms with Crippen LogP contribution in [0.15, 0.2) is 43.0 Å². The van der Waals surface area contributed by atoms with Gasteiger partial charge in [-0.15, -0.1) is 5.53 Å². The van der Waals surface area contributed by atoms with Crippen molar-refractivity contribution in [3.8, 4) is 0 Å². The van der Waals surface area contributed by atoms with Gasteiger partial charge in [-0.2, -0.15) is 0 Å². The molecule has 0 radical (unpaired) electrons. The van der Waals surface area contributed by atoms with Crippen LogP contribution >= 0.6 is 0 Å². The van der Waals surface area contributed by atoms with E-state index in [9.17, 15) is 9.59 Å². The largest absolute Gasteiger partial charge is 0.343 e. The molecular formula is C20H25N7O2. The third-order valence-corrected chi connectivity index (χ3v) is 5.06. The monoisotopic (exact) mass is 395 g/mol. The first kappa shape index (κ1) is 19.0. The van der Waals surface area contributed by atoms with Crippen LogP contribution in [-0.2, 0) is 4.79 Å². The highest BCUT2D eigenvalue weighted by atomic mass is 16.2. The van der Waals surface area contributed by atoms with E-state index in [1.165, 1.54) is 4.90 Å². The highest BCUT2D eigenvalue weighted by Crippen LogP contribution is 2.22. The predicted octanol–water partition coefficient (Wildman–Crippen LogP) is 0.838. The lowest BCUT2D eigenvalue weighted by Gasteiger charge is -2.28. The van der Waals surface area contributed by atoms with Gasteiger partial charge in [-0.3, -0.25) is 14.6 Å². The average molecular weight is 395 g/mol. The van der Waals surface area contributed by atoms with Crippen LogP contribution in [0.5, 0.6) is 0 Å². The predicted molar refractivity (Wildman–Crippen MR) is 109 cm³/mol. The zero-order valence-electron chi connectivity index (χ0n) is 16.6. The van der Waals surface area contributed by atoms with E-state index < -0.39 is 0 Å². The molecule has 2 aliphatic heterocycles. The Morgan fingerprint density at radius 3 is 2.86 bits per heavy atom. The van der Waals surface area contributed by atoms with Gasteiger partial charge in [-0.25, -0.2) is 4.98 Å². The number of nitrogens with one attached hydrogen (secondary N) is 2. The van der Waals surface area contributed by atoms with Gasteiger partial charge < -0.3 is 19.6 Å². The van der Waals surface area contributed by atoms with Gasteiger partial charge in [0, 0.05) is 64.9 Å². The van der Waals surface area contributed by atoms with Crippen LogP contribution in [0.3, 0.4) is 0 Å². The molecule has 4 rings (SSSR count). The minimum atomic E-state index is -0.124. The lowest BCUT2D eigenvalue weighted by atomic mass is 10.0. The number of imidazole rings is 1. The zero-order chi connectivity index (χ0) is 20.4. The topological polar surface area (TPSA) is 85.2 Å². The normalized spacial score (nSPS) is 16.1. The van der Waals surface area contributed by atoms with Crippen LogP contribution in [-0.4, -0.2) is 69.7 Å². The fourth-order valence-corrected chi connectivity index (χ4v) is 3.47. The summed E-state index contributed by atoms with van der Waals surface area (Å²) in [4.78, 5) is 32.6. The third-order valence-electron chi connectivity index (χ3n) is 5.06. The van der Waals surface area contributed by atoms with Crippen molar-refractivity contribution >= 4 is 23.0 Å². The molecule has 2 aromatic heterocycles. The molecule has 0 spiro atoms. The molecule has 0 atom stereocenters. The van der Waals surface area contributed by atoms with Crippen LogP contribution in [0.25, 0.3) is 11.2 Å². The fraction of sp³-hybridized carbons (Fsp3) is 0.350. The number of pyridine rings is 1. The maximum Gasteiger partial charge on any atom is 0.273 e. The molecule has 0 fully saturated rings. The molecule has 0 aliphatic carbocycles. The van der Waals surface area contributed by atoms with E-state index in [1.54, 1.807) is 26.5 Å². The summed E-state index contributed by atoms with van der Waals surface area (Å²) in [6.45, 7) is 1.93. The van der Waals surface area contributed by atoms with Crippen molar-refractivity contribution in [3.05, 3.63) is 54.3 Å². The molecule has 0 saturated heterocycles. The van der Waals surface area contributed by atoms with Crippen LogP contribution in [0.1, 0.15) is 28.9 Å². The molecule has 152 valence electrons. The minimum absolute atomic E-state index is 0.124. The van der Waals surface area contributed by atoms with Gasteiger partial charge in [0.1, 0.15) is 11.3 Å². The number of hydrogen-bond acceptors (Lipinski definition) is 6. The molecule has 29 heavy (non-hydrogen) atoms. The quantitative estimate of drug-likeness (QED) is 0.780. The zero-order valence-corrected chi connectivity index (χ0v) is 16.6. The highest BCUT2D eigenvalue weighted by molar-refractivity contribution is 5.92. The molecule has 9 nitrogen and oxygen atoms in total. The van der Waals surface area contributed by atoms with Gasteiger partial charge in [0.15, 0.2) is 0 Å². The van der Waals surface area contributed by atoms with Crippen molar-refractivity contribution in [2.45, 2.75) is 12.8 Å². The standard InChI is InChI=1S/C20H25N7O2/c1-24(2)20(29)17-14-26-13-16(5-6-18(26)22-17)15-4-3-9-25(12-15)19(28)7-10-27-11-8-21-23-27/h4-6,8,11,13-14,21,23H,3,7,9-10,12H2,1-2H3. The Kier molecular flexibility index (Phi) is 5.22. The van der Waals surface area contributed by atoms with E-state index in [1.807, 2.05) is 38.8 Å². The third kappa shape index (κ3) is 4.09. The number of fused-ring (bicyclic) bond motifs is 1. The molecular weight excluding hydrogens is 370 g/mol. The van der Waals surface area contributed by atoms with Gasteiger partial charge >= 0.3 is 0 Å². The van der Waals surface area contributed by atoms with Crippen molar-refractivity contribution in [2.75, 3.05) is 33.7 Å². The van der Waals surface area contributed by atoms with Gasteiger partial charge in [0.05, 0.1) is 0 Å². The number of hydrazine groups is 2. The molecule has 4 heterocycles. The Morgan fingerprint density at radius 2 is 2.10 bits per heavy atom. The van der Waals surface area contributed by atoms with Crippen LogP contribution < -0.4 is 11.0 Å². The second-order valence-electron chi connectivity index (χ2n) is 7.36. The summed E-state index contributed by atoms with van der Waals surface area (Å²) >= 11 is 0. The molecule has 9 heteroatoms. The molecule has 2 aromatic rings. The lowest BCUT2D eigenvalue weighted by molar-refractivity contribution is -0.131. The summed E-state index contributed by atoms with van der Waals surface area (Å²) in [7, 11) is 3.42. The van der Waals surface area contributed by atoms with E-state index in [0.29, 0.717) is 25.2 Å². The Hall–Kier alpha value is -3.33. The number of rotatable bonds is 5. The van der Waals surface area contributed by atoms with Crippen molar-refractivity contribution in [2.24, 2.45) is 0 Å². The maximum absolute atomic E-state index is 12.6.